The van der Waals surface area contributed by atoms with Crippen LogP contribution in [0, 0.1) is 24.0 Å². The Labute approximate surface area is 235 Å². The third-order valence-corrected chi connectivity index (χ3v) is 8.69. The molecule has 0 saturated carbocycles. The van der Waals surface area contributed by atoms with Crippen molar-refractivity contribution in [3.63, 3.8) is 0 Å². The average molecular weight is 559 g/mol. The minimum Gasteiger partial charge on any atom is -0.461 e. The summed E-state index contributed by atoms with van der Waals surface area (Å²) in [5, 5.41) is 4.86. The first-order valence-electron chi connectivity index (χ1n) is 14.0. The van der Waals surface area contributed by atoms with Crippen LogP contribution in [0.2, 0.25) is 0 Å². The maximum Gasteiger partial charge on any atom is 0.319 e. The molecule has 3 aliphatic rings. The molecule has 1 N–H and O–H groups in total. The predicted octanol–water partition coefficient (Wildman–Crippen LogP) is 4.47. The van der Waals surface area contributed by atoms with Crippen molar-refractivity contribution in [1.82, 2.24) is 25.2 Å². The summed E-state index contributed by atoms with van der Waals surface area (Å²) in [4.78, 5) is 18.0. The monoisotopic (exact) mass is 558 g/mol. The first-order valence-corrected chi connectivity index (χ1v) is 14.0. The number of anilines is 1. The molecule has 5 heterocycles. The Bertz CT molecular complexity index is 1700. The van der Waals surface area contributed by atoms with E-state index >= 15 is 4.39 Å². The molecule has 2 aromatic carbocycles. The lowest BCUT2D eigenvalue weighted by Gasteiger charge is -2.31. The van der Waals surface area contributed by atoms with Gasteiger partial charge in [0.1, 0.15) is 35.6 Å². The zero-order valence-electron chi connectivity index (χ0n) is 22.5. The standard InChI is InChI=1S/C31H29F3N6O/c1-2-21-24(33)8-7-19-5-3-6-22(25(19)21)27-26(34)28-23(16-36-27)29(39-13-10-35-11-14-39)38-30(37-28)41-18-31-9-4-12-40(31)17-20(32)15-31/h1,3,5-8,16,20,35H,4,9-15,17-18H2/t20?,31-/m0/s1. The highest BCUT2D eigenvalue weighted by atomic mass is 19.1. The molecule has 7 rings (SSSR count). The Balaban J connectivity index is 1.36. The number of rotatable bonds is 5. The normalized spacial score (nSPS) is 22.8. The number of piperazine rings is 1. The topological polar surface area (TPSA) is 66.4 Å². The van der Waals surface area contributed by atoms with Gasteiger partial charge >= 0.3 is 6.01 Å². The summed E-state index contributed by atoms with van der Waals surface area (Å²) in [6, 6.07) is 8.19. The fraction of sp³-hybridized carbons (Fsp3) is 0.387. The molecule has 2 aromatic heterocycles. The maximum atomic E-state index is 16.5. The lowest BCUT2D eigenvalue weighted by atomic mass is 9.95. The zero-order chi connectivity index (χ0) is 28.1. The van der Waals surface area contributed by atoms with Crippen LogP contribution in [0.4, 0.5) is 19.0 Å². The van der Waals surface area contributed by atoms with E-state index in [4.69, 9.17) is 16.1 Å². The molecule has 210 valence electrons. The predicted molar refractivity (Wildman–Crippen MR) is 152 cm³/mol. The van der Waals surface area contributed by atoms with Crippen molar-refractivity contribution >= 4 is 27.5 Å². The molecule has 0 bridgehead atoms. The SMILES string of the molecule is C#Cc1c(F)ccc2cccc(-c3ncc4c(N5CCNCC5)nc(OC[C@@]56CCCN5CC(F)C6)nc4c3F)c12. The summed E-state index contributed by atoms with van der Waals surface area (Å²) < 4.78 is 51.7. The van der Waals surface area contributed by atoms with E-state index in [1.165, 1.54) is 6.07 Å². The van der Waals surface area contributed by atoms with Gasteiger partial charge in [-0.25, -0.2) is 13.2 Å². The first-order chi connectivity index (χ1) is 20.0. The van der Waals surface area contributed by atoms with E-state index in [9.17, 15) is 8.78 Å². The van der Waals surface area contributed by atoms with Gasteiger partial charge < -0.3 is 15.0 Å². The van der Waals surface area contributed by atoms with Crippen LogP contribution < -0.4 is 15.0 Å². The van der Waals surface area contributed by atoms with Crippen LogP contribution in [-0.2, 0) is 0 Å². The van der Waals surface area contributed by atoms with Gasteiger partial charge in [0.15, 0.2) is 5.82 Å². The van der Waals surface area contributed by atoms with E-state index in [0.717, 1.165) is 32.5 Å². The largest absolute Gasteiger partial charge is 0.461 e. The Kier molecular flexibility index (Phi) is 6.44. The van der Waals surface area contributed by atoms with Crippen molar-refractivity contribution in [2.75, 3.05) is 50.8 Å². The highest BCUT2D eigenvalue weighted by Crippen LogP contribution is 2.41. The number of aromatic nitrogens is 3. The number of hydrogen-bond donors (Lipinski definition) is 1. The molecule has 3 aliphatic heterocycles. The summed E-state index contributed by atoms with van der Waals surface area (Å²) in [7, 11) is 0. The molecule has 3 saturated heterocycles. The summed E-state index contributed by atoms with van der Waals surface area (Å²) >= 11 is 0. The number of nitrogens with zero attached hydrogens (tertiary/aromatic N) is 5. The van der Waals surface area contributed by atoms with Crippen molar-refractivity contribution in [2.45, 2.75) is 31.0 Å². The fourth-order valence-electron chi connectivity index (χ4n) is 6.73. The van der Waals surface area contributed by atoms with E-state index in [0.29, 0.717) is 53.6 Å². The van der Waals surface area contributed by atoms with Crippen LogP contribution >= 0.6 is 0 Å². The highest BCUT2D eigenvalue weighted by molar-refractivity contribution is 6.02. The van der Waals surface area contributed by atoms with Gasteiger partial charge in [-0.05, 0) is 30.8 Å². The first kappa shape index (κ1) is 26.0. The van der Waals surface area contributed by atoms with Gasteiger partial charge in [0.05, 0.1) is 16.5 Å². The second-order valence-corrected chi connectivity index (χ2v) is 11.1. The van der Waals surface area contributed by atoms with Gasteiger partial charge in [-0.1, -0.05) is 30.2 Å². The van der Waals surface area contributed by atoms with Crippen molar-refractivity contribution in [3.8, 4) is 29.6 Å². The molecule has 7 nitrogen and oxygen atoms in total. The zero-order valence-corrected chi connectivity index (χ0v) is 22.5. The van der Waals surface area contributed by atoms with Gasteiger partial charge in [-0.2, -0.15) is 9.97 Å². The Morgan fingerprint density at radius 2 is 1.98 bits per heavy atom. The maximum absolute atomic E-state index is 16.5. The number of nitrogens with one attached hydrogen (secondary N) is 1. The second-order valence-electron chi connectivity index (χ2n) is 11.1. The molecule has 2 atom stereocenters. The van der Waals surface area contributed by atoms with Crippen molar-refractivity contribution in [1.29, 1.82) is 0 Å². The van der Waals surface area contributed by atoms with Crippen LogP contribution in [0.5, 0.6) is 6.01 Å². The van der Waals surface area contributed by atoms with Crippen molar-refractivity contribution in [2.24, 2.45) is 0 Å². The molecule has 3 fully saturated rings. The lowest BCUT2D eigenvalue weighted by Crippen LogP contribution is -2.44. The fourth-order valence-corrected chi connectivity index (χ4v) is 6.73. The van der Waals surface area contributed by atoms with Gasteiger partial charge in [-0.3, -0.25) is 9.88 Å². The number of halogens is 3. The number of alkyl halides is 1. The minimum absolute atomic E-state index is 0.0118. The van der Waals surface area contributed by atoms with Crippen LogP contribution in [0.25, 0.3) is 32.9 Å². The van der Waals surface area contributed by atoms with Crippen LogP contribution in [-0.4, -0.2) is 77.4 Å². The van der Waals surface area contributed by atoms with E-state index in [1.807, 2.05) is 0 Å². The summed E-state index contributed by atoms with van der Waals surface area (Å²) in [6.45, 7) is 4.32. The third kappa shape index (κ3) is 4.35. The smallest absolute Gasteiger partial charge is 0.319 e. The summed E-state index contributed by atoms with van der Waals surface area (Å²) in [5.41, 5.74) is 0.0980. The molecule has 10 heteroatoms. The van der Waals surface area contributed by atoms with Gasteiger partial charge in [0.25, 0.3) is 0 Å². The van der Waals surface area contributed by atoms with Crippen molar-refractivity contribution in [3.05, 3.63) is 53.7 Å². The number of benzene rings is 2. The van der Waals surface area contributed by atoms with Crippen LogP contribution in [0.15, 0.2) is 36.5 Å². The Morgan fingerprint density at radius 1 is 1.12 bits per heavy atom. The molecule has 0 amide bonds. The Hall–Kier alpha value is -3.94. The van der Waals surface area contributed by atoms with Gasteiger partial charge in [0, 0.05) is 56.3 Å². The molecule has 0 aliphatic carbocycles. The van der Waals surface area contributed by atoms with Crippen LogP contribution in [0.3, 0.4) is 0 Å². The van der Waals surface area contributed by atoms with Gasteiger partial charge in [-0.15, -0.1) is 6.42 Å². The minimum atomic E-state index is -0.891. The molecule has 1 unspecified atom stereocenters. The molecule has 41 heavy (non-hydrogen) atoms. The molecular weight excluding hydrogens is 529 g/mol. The number of ether oxygens (including phenoxy) is 1. The molecular formula is C31H29F3N6O. The summed E-state index contributed by atoms with van der Waals surface area (Å²) in [6.07, 6.45) is 8.56. The van der Waals surface area contributed by atoms with Crippen LogP contribution in [0.1, 0.15) is 24.8 Å². The number of fused-ring (bicyclic) bond motifs is 3. The van der Waals surface area contributed by atoms with E-state index in [1.54, 1.807) is 30.5 Å². The third-order valence-electron chi connectivity index (χ3n) is 8.69. The highest BCUT2D eigenvalue weighted by Gasteiger charge is 2.49. The number of hydrogen-bond acceptors (Lipinski definition) is 7. The van der Waals surface area contributed by atoms with E-state index in [-0.39, 0.29) is 29.4 Å². The van der Waals surface area contributed by atoms with Gasteiger partial charge in [0.2, 0.25) is 0 Å². The lowest BCUT2D eigenvalue weighted by molar-refractivity contribution is 0.107. The quantitative estimate of drug-likeness (QED) is 0.363. The van der Waals surface area contributed by atoms with E-state index < -0.39 is 23.3 Å². The molecule has 0 spiro atoms. The van der Waals surface area contributed by atoms with Crippen molar-refractivity contribution < 1.29 is 17.9 Å². The summed E-state index contributed by atoms with van der Waals surface area (Å²) in [5.74, 6) is 1.72. The Morgan fingerprint density at radius 3 is 2.80 bits per heavy atom. The van der Waals surface area contributed by atoms with E-state index in [2.05, 4.69) is 31.0 Å². The second kappa shape index (κ2) is 10.2. The molecule has 4 aromatic rings. The number of pyridine rings is 1. The average Bonchev–Trinajstić information content (AvgIpc) is 3.52. The molecule has 0 radical (unpaired) electrons. The number of terminal acetylenes is 1.